The SMILES string of the molecule is Cl.NC(=O)c1ccc(F)c2c1OCC(N(CCCc1c[nH]c3c(F)cc(F)cc13)C1CCC1)=C2. The zero-order valence-electron chi connectivity index (χ0n) is 18.4. The van der Waals surface area contributed by atoms with Crippen LogP contribution in [0.1, 0.15) is 47.2 Å². The van der Waals surface area contributed by atoms with E-state index in [2.05, 4.69) is 9.88 Å². The van der Waals surface area contributed by atoms with Gasteiger partial charge in [0.2, 0.25) is 0 Å². The second kappa shape index (κ2) is 9.62. The van der Waals surface area contributed by atoms with Gasteiger partial charge in [0.25, 0.3) is 5.91 Å². The minimum absolute atomic E-state index is 0. The summed E-state index contributed by atoms with van der Waals surface area (Å²) in [6.45, 7) is 0.910. The van der Waals surface area contributed by atoms with Gasteiger partial charge in [-0.15, -0.1) is 12.4 Å². The van der Waals surface area contributed by atoms with Gasteiger partial charge >= 0.3 is 0 Å². The molecule has 0 radical (unpaired) electrons. The normalized spacial score (nSPS) is 15.1. The van der Waals surface area contributed by atoms with Gasteiger partial charge in [-0.3, -0.25) is 4.79 Å². The molecule has 0 atom stereocenters. The van der Waals surface area contributed by atoms with Crippen molar-refractivity contribution in [1.29, 1.82) is 0 Å². The molecule has 0 saturated heterocycles. The van der Waals surface area contributed by atoms with Crippen LogP contribution in [0.4, 0.5) is 13.2 Å². The summed E-state index contributed by atoms with van der Waals surface area (Å²) in [4.78, 5) is 16.8. The molecule has 1 aliphatic carbocycles. The molecular formula is C25H25ClF3N3O2. The van der Waals surface area contributed by atoms with Crippen molar-refractivity contribution in [3.63, 3.8) is 0 Å². The number of carbonyl (C=O) groups is 1. The van der Waals surface area contributed by atoms with Gasteiger partial charge in [-0.2, -0.15) is 0 Å². The molecule has 1 saturated carbocycles. The number of aryl methyl sites for hydroxylation is 1. The molecule has 3 aromatic rings. The molecule has 0 bridgehead atoms. The van der Waals surface area contributed by atoms with Crippen LogP contribution >= 0.6 is 12.4 Å². The summed E-state index contributed by atoms with van der Waals surface area (Å²) in [5.41, 5.74) is 7.82. The Bertz CT molecular complexity index is 1270. The molecule has 0 spiro atoms. The van der Waals surface area contributed by atoms with E-state index in [-0.39, 0.29) is 35.9 Å². The molecular weight excluding hydrogens is 467 g/mol. The van der Waals surface area contributed by atoms with Crippen molar-refractivity contribution in [2.45, 2.75) is 38.1 Å². The smallest absolute Gasteiger partial charge is 0.252 e. The third-order valence-corrected chi connectivity index (χ3v) is 6.60. The Balaban J connectivity index is 0.00000274. The van der Waals surface area contributed by atoms with E-state index in [1.54, 1.807) is 12.3 Å². The number of aromatic nitrogens is 1. The minimum atomic E-state index is -0.662. The molecule has 2 aromatic carbocycles. The monoisotopic (exact) mass is 491 g/mol. The minimum Gasteiger partial charge on any atom is -0.486 e. The van der Waals surface area contributed by atoms with Crippen LogP contribution in [0.2, 0.25) is 0 Å². The zero-order chi connectivity index (χ0) is 23.1. The van der Waals surface area contributed by atoms with E-state index in [1.165, 1.54) is 18.2 Å². The number of ether oxygens (including phenoxy) is 1. The van der Waals surface area contributed by atoms with Gasteiger partial charge in [0.1, 0.15) is 29.8 Å². The summed E-state index contributed by atoms with van der Waals surface area (Å²) in [5.74, 6) is -2.15. The number of hydrogen-bond acceptors (Lipinski definition) is 3. The van der Waals surface area contributed by atoms with E-state index in [4.69, 9.17) is 10.5 Å². The summed E-state index contributed by atoms with van der Waals surface area (Å²) in [7, 11) is 0. The number of nitrogens with zero attached hydrogens (tertiary/aromatic N) is 1. The Morgan fingerprint density at radius 3 is 2.68 bits per heavy atom. The molecule has 9 heteroatoms. The number of nitrogens with one attached hydrogen (secondary N) is 1. The number of amides is 1. The fourth-order valence-electron chi connectivity index (χ4n) is 4.70. The zero-order valence-corrected chi connectivity index (χ0v) is 19.2. The molecule has 5 rings (SSSR count). The predicted octanol–water partition coefficient (Wildman–Crippen LogP) is 5.33. The van der Waals surface area contributed by atoms with E-state index in [9.17, 15) is 18.0 Å². The highest BCUT2D eigenvalue weighted by Gasteiger charge is 2.30. The summed E-state index contributed by atoms with van der Waals surface area (Å²) in [6.07, 6.45) is 8.06. The van der Waals surface area contributed by atoms with Crippen LogP contribution in [-0.4, -0.2) is 35.0 Å². The maximum atomic E-state index is 14.5. The number of aromatic amines is 1. The van der Waals surface area contributed by atoms with Gasteiger partial charge in [0.15, 0.2) is 0 Å². The first-order valence-electron chi connectivity index (χ1n) is 11.1. The van der Waals surface area contributed by atoms with Crippen LogP contribution in [-0.2, 0) is 6.42 Å². The van der Waals surface area contributed by atoms with Crippen LogP contribution in [0.5, 0.6) is 5.75 Å². The average Bonchev–Trinajstić information content (AvgIpc) is 3.14. The molecule has 34 heavy (non-hydrogen) atoms. The lowest BCUT2D eigenvalue weighted by molar-refractivity contribution is 0.0994. The van der Waals surface area contributed by atoms with Crippen LogP contribution in [0.15, 0.2) is 36.2 Å². The molecule has 2 aliphatic rings. The fraction of sp³-hybridized carbons (Fsp3) is 0.320. The molecule has 0 unspecified atom stereocenters. The van der Waals surface area contributed by atoms with Crippen molar-refractivity contribution in [2.75, 3.05) is 13.2 Å². The first kappa shape index (κ1) is 24.0. The van der Waals surface area contributed by atoms with Crippen LogP contribution in [0, 0.1) is 17.5 Å². The molecule has 180 valence electrons. The molecule has 1 aliphatic heterocycles. The lowest BCUT2D eigenvalue weighted by atomic mass is 9.90. The first-order valence-corrected chi connectivity index (χ1v) is 11.1. The highest BCUT2D eigenvalue weighted by atomic mass is 35.5. The van der Waals surface area contributed by atoms with Crippen molar-refractivity contribution >= 4 is 35.3 Å². The van der Waals surface area contributed by atoms with Gasteiger partial charge in [0, 0.05) is 30.2 Å². The lowest BCUT2D eigenvalue weighted by Gasteiger charge is -2.41. The molecule has 5 nitrogen and oxygen atoms in total. The van der Waals surface area contributed by atoms with Crippen molar-refractivity contribution in [3.05, 3.63) is 70.3 Å². The Hall–Kier alpha value is -3.13. The Kier molecular flexibility index (Phi) is 6.79. The number of benzene rings is 2. The van der Waals surface area contributed by atoms with Gasteiger partial charge in [-0.05, 0) is 61.9 Å². The maximum absolute atomic E-state index is 14.5. The van der Waals surface area contributed by atoms with Crippen LogP contribution in [0.25, 0.3) is 17.0 Å². The number of nitrogens with two attached hydrogens (primary N) is 1. The van der Waals surface area contributed by atoms with Crippen molar-refractivity contribution in [3.8, 4) is 5.75 Å². The maximum Gasteiger partial charge on any atom is 0.252 e. The van der Waals surface area contributed by atoms with E-state index in [0.29, 0.717) is 29.9 Å². The summed E-state index contributed by atoms with van der Waals surface area (Å²) in [6, 6.07) is 5.12. The molecule has 1 amide bonds. The first-order chi connectivity index (χ1) is 15.9. The molecule has 1 aromatic heterocycles. The average molecular weight is 492 g/mol. The Morgan fingerprint density at radius 1 is 1.18 bits per heavy atom. The van der Waals surface area contributed by atoms with Crippen molar-refractivity contribution in [2.24, 2.45) is 5.73 Å². The highest BCUT2D eigenvalue weighted by Crippen LogP contribution is 2.36. The second-order valence-electron chi connectivity index (χ2n) is 8.63. The summed E-state index contributed by atoms with van der Waals surface area (Å²) < 4.78 is 48.0. The Labute approximate surface area is 201 Å². The fourth-order valence-corrected chi connectivity index (χ4v) is 4.70. The van der Waals surface area contributed by atoms with Gasteiger partial charge in [-0.1, -0.05) is 0 Å². The van der Waals surface area contributed by atoms with Gasteiger partial charge < -0.3 is 20.4 Å². The largest absolute Gasteiger partial charge is 0.486 e. The number of fused-ring (bicyclic) bond motifs is 2. The van der Waals surface area contributed by atoms with E-state index in [0.717, 1.165) is 43.0 Å². The third kappa shape index (κ3) is 4.34. The predicted molar refractivity (Wildman–Crippen MR) is 127 cm³/mol. The second-order valence-corrected chi connectivity index (χ2v) is 8.63. The van der Waals surface area contributed by atoms with Crippen LogP contribution < -0.4 is 10.5 Å². The molecule has 1 fully saturated rings. The van der Waals surface area contributed by atoms with Gasteiger partial charge in [-0.25, -0.2) is 13.2 Å². The van der Waals surface area contributed by atoms with E-state index in [1.807, 2.05) is 0 Å². The van der Waals surface area contributed by atoms with Crippen molar-refractivity contribution < 1.29 is 22.7 Å². The topological polar surface area (TPSA) is 71.4 Å². The highest BCUT2D eigenvalue weighted by molar-refractivity contribution is 5.97. The number of H-pyrrole nitrogens is 1. The van der Waals surface area contributed by atoms with Crippen LogP contribution in [0.3, 0.4) is 0 Å². The number of hydrogen-bond donors (Lipinski definition) is 2. The number of primary amides is 1. The number of halogens is 4. The third-order valence-electron chi connectivity index (χ3n) is 6.60. The molecule has 3 N–H and O–H groups in total. The lowest BCUT2D eigenvalue weighted by Crippen LogP contribution is -2.42. The van der Waals surface area contributed by atoms with E-state index < -0.39 is 23.4 Å². The van der Waals surface area contributed by atoms with Crippen molar-refractivity contribution in [1.82, 2.24) is 9.88 Å². The summed E-state index contributed by atoms with van der Waals surface area (Å²) in [5, 5.41) is 0.554. The van der Waals surface area contributed by atoms with Gasteiger partial charge in [0.05, 0.1) is 22.3 Å². The number of rotatable bonds is 7. The Morgan fingerprint density at radius 2 is 1.97 bits per heavy atom. The number of carbonyl (C=O) groups excluding carboxylic acids is 1. The quantitative estimate of drug-likeness (QED) is 0.469. The molecule has 2 heterocycles. The summed E-state index contributed by atoms with van der Waals surface area (Å²) >= 11 is 0. The standard InChI is InChI=1S/C25H24F3N3O2.ClH/c26-15-9-19-14(12-30-23(19)22(28)10-15)3-2-8-31(16-4-1-5-16)17-11-20-21(27)7-6-18(25(29)32)24(20)33-13-17;/h6-7,9-12,16,30H,1-5,8,13H2,(H2,29,32);1H. The van der Waals surface area contributed by atoms with E-state index >= 15 is 0 Å².